The third kappa shape index (κ3) is 1.79. The number of fused-ring (bicyclic) bond motifs is 1. The van der Waals surface area contributed by atoms with E-state index in [1.807, 2.05) is 12.3 Å². The fraction of sp³-hybridized carbons (Fsp3) is 0.417. The molecule has 18 heavy (non-hydrogen) atoms. The van der Waals surface area contributed by atoms with Crippen molar-refractivity contribution >= 4 is 17.9 Å². The predicted octanol–water partition coefficient (Wildman–Crippen LogP) is 0.491. The Bertz CT molecular complexity index is 494. The van der Waals surface area contributed by atoms with Gasteiger partial charge in [0, 0.05) is 23.4 Å². The highest BCUT2D eigenvalue weighted by Crippen LogP contribution is 2.33. The first-order valence-electron chi connectivity index (χ1n) is 6.23. The number of nitrogens with zero attached hydrogens (tertiary/aromatic N) is 2. The number of piperidine rings is 1. The van der Waals surface area contributed by atoms with E-state index in [4.69, 9.17) is 11.6 Å². The van der Waals surface area contributed by atoms with Crippen molar-refractivity contribution in [2.24, 2.45) is 22.5 Å². The monoisotopic (exact) mass is 246 g/mol. The average molecular weight is 246 g/mol. The van der Waals surface area contributed by atoms with Gasteiger partial charge in [-0.25, -0.2) is 10.8 Å². The molecule has 1 saturated heterocycles. The number of hydrogen-bond acceptors (Lipinski definition) is 5. The van der Waals surface area contributed by atoms with Crippen molar-refractivity contribution in [3.63, 3.8) is 0 Å². The second-order valence-electron chi connectivity index (χ2n) is 4.72. The van der Waals surface area contributed by atoms with E-state index in [1.54, 1.807) is 6.34 Å². The minimum absolute atomic E-state index is 0.390. The molecule has 2 aliphatic rings. The summed E-state index contributed by atoms with van der Waals surface area (Å²) in [6.07, 6.45) is 5.57. The lowest BCUT2D eigenvalue weighted by Gasteiger charge is -2.29. The van der Waals surface area contributed by atoms with Crippen LogP contribution in [0.5, 0.6) is 0 Å². The Labute approximate surface area is 106 Å². The van der Waals surface area contributed by atoms with Gasteiger partial charge in [0.05, 0.1) is 5.70 Å². The van der Waals surface area contributed by atoms with Crippen molar-refractivity contribution < 1.29 is 0 Å². The summed E-state index contributed by atoms with van der Waals surface area (Å²) in [5.41, 5.74) is 9.07. The summed E-state index contributed by atoms with van der Waals surface area (Å²) >= 11 is 0. The van der Waals surface area contributed by atoms with Crippen molar-refractivity contribution in [2.75, 3.05) is 13.1 Å². The number of nitrogens with two attached hydrogens (primary N) is 2. The number of hydrogen-bond donors (Lipinski definition) is 4. The van der Waals surface area contributed by atoms with Crippen LogP contribution in [-0.4, -0.2) is 29.4 Å². The zero-order chi connectivity index (χ0) is 12.5. The largest absolute Gasteiger partial charge is 0.400 e. The van der Waals surface area contributed by atoms with Crippen molar-refractivity contribution in [2.45, 2.75) is 12.8 Å². The number of rotatable bonds is 1. The molecule has 6 nitrogen and oxygen atoms in total. The lowest BCUT2D eigenvalue weighted by molar-refractivity contribution is 0.414. The SMILES string of the molecule is N/C(=C1/c2cc[nH]c2N=CN1N)C1CCNCC1. The van der Waals surface area contributed by atoms with Gasteiger partial charge in [0.15, 0.2) is 0 Å². The second-order valence-corrected chi connectivity index (χ2v) is 4.72. The first-order chi connectivity index (χ1) is 8.77. The summed E-state index contributed by atoms with van der Waals surface area (Å²) in [7, 11) is 0. The molecule has 3 heterocycles. The number of aromatic amines is 1. The van der Waals surface area contributed by atoms with Crippen molar-refractivity contribution in [3.05, 3.63) is 23.5 Å². The molecule has 0 atom stereocenters. The van der Waals surface area contributed by atoms with E-state index in [-0.39, 0.29) is 0 Å². The molecule has 0 radical (unpaired) electrons. The highest BCUT2D eigenvalue weighted by Gasteiger charge is 2.25. The molecule has 96 valence electrons. The molecular weight excluding hydrogens is 228 g/mol. The molecule has 3 rings (SSSR count). The average Bonchev–Trinajstić information content (AvgIpc) is 2.87. The van der Waals surface area contributed by atoms with Gasteiger partial charge >= 0.3 is 0 Å². The molecule has 0 amide bonds. The Morgan fingerprint density at radius 2 is 2.17 bits per heavy atom. The highest BCUT2D eigenvalue weighted by molar-refractivity contribution is 5.86. The van der Waals surface area contributed by atoms with Crippen LogP contribution >= 0.6 is 0 Å². The summed E-state index contributed by atoms with van der Waals surface area (Å²) in [6.45, 7) is 2.02. The van der Waals surface area contributed by atoms with Crippen LogP contribution in [0.2, 0.25) is 0 Å². The van der Waals surface area contributed by atoms with Gasteiger partial charge in [-0.15, -0.1) is 0 Å². The summed E-state index contributed by atoms with van der Waals surface area (Å²) in [5, 5.41) is 4.86. The van der Waals surface area contributed by atoms with E-state index < -0.39 is 0 Å². The molecule has 1 aromatic heterocycles. The minimum atomic E-state index is 0.390. The first kappa shape index (κ1) is 11.3. The molecule has 0 aliphatic carbocycles. The van der Waals surface area contributed by atoms with E-state index in [2.05, 4.69) is 15.3 Å². The van der Waals surface area contributed by atoms with Crippen molar-refractivity contribution in [3.8, 4) is 0 Å². The maximum absolute atomic E-state index is 6.34. The fourth-order valence-corrected chi connectivity index (χ4v) is 2.61. The lowest BCUT2D eigenvalue weighted by Crippen LogP contribution is -2.36. The van der Waals surface area contributed by atoms with Gasteiger partial charge in [-0.3, -0.25) is 5.01 Å². The van der Waals surface area contributed by atoms with Crippen LogP contribution in [0, 0.1) is 5.92 Å². The van der Waals surface area contributed by atoms with Gasteiger partial charge in [0.1, 0.15) is 12.2 Å². The third-order valence-electron chi connectivity index (χ3n) is 3.60. The molecule has 6 N–H and O–H groups in total. The molecule has 6 heteroatoms. The molecule has 0 aromatic carbocycles. The van der Waals surface area contributed by atoms with E-state index >= 15 is 0 Å². The first-order valence-corrected chi connectivity index (χ1v) is 6.23. The standard InChI is InChI=1S/C12H18N6/c13-10(8-1-4-15-5-2-8)11-9-3-6-16-12(9)17-7-18(11)14/h3,6-8,15-16H,1-2,4-5,13-14H2/b11-10-. The third-order valence-corrected chi connectivity index (χ3v) is 3.60. The van der Waals surface area contributed by atoms with Crippen LogP contribution in [0.3, 0.4) is 0 Å². The van der Waals surface area contributed by atoms with E-state index in [0.717, 1.165) is 48.7 Å². The van der Waals surface area contributed by atoms with E-state index in [9.17, 15) is 0 Å². The Kier molecular flexibility index (Phi) is 2.81. The summed E-state index contributed by atoms with van der Waals surface area (Å²) in [4.78, 5) is 7.31. The number of nitrogens with one attached hydrogen (secondary N) is 2. The topological polar surface area (TPSA) is 95.5 Å². The highest BCUT2D eigenvalue weighted by atomic mass is 15.4. The smallest absolute Gasteiger partial charge is 0.141 e. The molecular formula is C12H18N6. The summed E-state index contributed by atoms with van der Waals surface area (Å²) in [6, 6.07) is 1.97. The molecule has 1 fully saturated rings. The van der Waals surface area contributed by atoms with E-state index in [0.29, 0.717) is 5.92 Å². The van der Waals surface area contributed by atoms with Crippen LogP contribution in [-0.2, 0) is 0 Å². The maximum atomic E-state index is 6.34. The van der Waals surface area contributed by atoms with Crippen molar-refractivity contribution in [1.29, 1.82) is 0 Å². The van der Waals surface area contributed by atoms with Gasteiger partial charge in [0.2, 0.25) is 0 Å². The molecule has 0 bridgehead atoms. The number of H-pyrrole nitrogens is 1. The van der Waals surface area contributed by atoms with Gasteiger partial charge in [0.25, 0.3) is 0 Å². The summed E-state index contributed by atoms with van der Waals surface area (Å²) < 4.78 is 0. The normalized spacial score (nSPS) is 23.1. The second kappa shape index (κ2) is 4.47. The Balaban J connectivity index is 2.00. The zero-order valence-electron chi connectivity index (χ0n) is 10.2. The number of hydrazine groups is 1. The fourth-order valence-electron chi connectivity index (χ4n) is 2.61. The van der Waals surface area contributed by atoms with Crippen LogP contribution in [0.15, 0.2) is 23.0 Å². The molecule has 0 saturated carbocycles. The van der Waals surface area contributed by atoms with Crippen LogP contribution in [0.1, 0.15) is 18.4 Å². The zero-order valence-corrected chi connectivity index (χ0v) is 10.2. The van der Waals surface area contributed by atoms with Crippen molar-refractivity contribution in [1.82, 2.24) is 15.3 Å². The van der Waals surface area contributed by atoms with Crippen LogP contribution in [0.4, 0.5) is 5.82 Å². The molecule has 2 aliphatic heterocycles. The number of aromatic nitrogens is 1. The Hall–Kier alpha value is -1.79. The maximum Gasteiger partial charge on any atom is 0.141 e. The predicted molar refractivity (Wildman–Crippen MR) is 71.7 cm³/mol. The van der Waals surface area contributed by atoms with Gasteiger partial charge < -0.3 is 16.0 Å². The van der Waals surface area contributed by atoms with Crippen LogP contribution in [0.25, 0.3) is 5.70 Å². The Morgan fingerprint density at radius 3 is 2.94 bits per heavy atom. The quantitative estimate of drug-likeness (QED) is 0.542. The van der Waals surface area contributed by atoms with E-state index in [1.165, 1.54) is 5.01 Å². The van der Waals surface area contributed by atoms with Crippen LogP contribution < -0.4 is 16.9 Å². The molecule has 0 unspecified atom stereocenters. The van der Waals surface area contributed by atoms with Gasteiger partial charge in [-0.1, -0.05) is 0 Å². The van der Waals surface area contributed by atoms with Gasteiger partial charge in [-0.05, 0) is 32.0 Å². The number of aliphatic imine (C=N–C) groups is 1. The molecule has 0 spiro atoms. The molecule has 1 aromatic rings. The van der Waals surface area contributed by atoms with Gasteiger partial charge in [-0.2, -0.15) is 0 Å². The number of allylic oxidation sites excluding steroid dienone is 1. The summed E-state index contributed by atoms with van der Waals surface area (Å²) in [5.74, 6) is 7.19. The lowest BCUT2D eigenvalue weighted by atomic mass is 9.92. The minimum Gasteiger partial charge on any atom is -0.400 e. The Morgan fingerprint density at radius 1 is 1.39 bits per heavy atom.